The van der Waals surface area contributed by atoms with E-state index in [0.717, 1.165) is 18.8 Å². The summed E-state index contributed by atoms with van der Waals surface area (Å²) in [6, 6.07) is 8.18. The molecule has 1 heterocycles. The quantitative estimate of drug-likeness (QED) is 0.787. The van der Waals surface area contributed by atoms with E-state index in [1.54, 1.807) is 0 Å². The van der Waals surface area contributed by atoms with Crippen LogP contribution in [-0.4, -0.2) is 37.1 Å². The molecule has 0 aromatic heterocycles. The molecule has 4 N–H and O–H groups in total. The number of urea groups is 1. The molecule has 2 amide bonds. The molecule has 5 heteroatoms. The summed E-state index contributed by atoms with van der Waals surface area (Å²) < 4.78 is 0. The van der Waals surface area contributed by atoms with Crippen molar-refractivity contribution in [3.63, 3.8) is 0 Å². The minimum absolute atomic E-state index is 0.311. The molecular formula is C15H24N4O. The Morgan fingerprint density at radius 3 is 2.45 bits per heavy atom. The zero-order chi connectivity index (χ0) is 14.5. The van der Waals surface area contributed by atoms with Gasteiger partial charge in [0.25, 0.3) is 0 Å². The Bertz CT molecular complexity index is 438. The molecule has 20 heavy (non-hydrogen) atoms. The minimum atomic E-state index is -0.532. The molecule has 1 aliphatic rings. The molecule has 1 aliphatic heterocycles. The van der Waals surface area contributed by atoms with Crippen molar-refractivity contribution in [1.29, 1.82) is 0 Å². The van der Waals surface area contributed by atoms with Crippen LogP contribution in [0.3, 0.4) is 0 Å². The average molecular weight is 276 g/mol. The molecule has 0 saturated carbocycles. The largest absolute Gasteiger partial charge is 0.351 e. The summed E-state index contributed by atoms with van der Waals surface area (Å²) in [6.07, 6.45) is 2.39. The molecule has 110 valence electrons. The maximum Gasteiger partial charge on any atom is 0.316 e. The number of amides is 2. The Kier molecular flexibility index (Phi) is 4.98. The molecular weight excluding hydrogens is 252 g/mol. The van der Waals surface area contributed by atoms with Crippen molar-refractivity contribution in [2.75, 3.05) is 25.5 Å². The SMILES string of the molecule is CC(NC1CCN(C)CC1)c1ccc(NC(N)=O)cc1. The molecule has 1 aromatic rings. The number of hydrogen-bond donors (Lipinski definition) is 3. The van der Waals surface area contributed by atoms with Gasteiger partial charge in [0.1, 0.15) is 0 Å². The number of carbonyl (C=O) groups excluding carboxylic acids is 1. The van der Waals surface area contributed by atoms with E-state index in [0.29, 0.717) is 12.1 Å². The molecule has 0 radical (unpaired) electrons. The van der Waals surface area contributed by atoms with Crippen LogP contribution < -0.4 is 16.4 Å². The van der Waals surface area contributed by atoms with Gasteiger partial charge in [0.05, 0.1) is 0 Å². The van der Waals surface area contributed by atoms with Crippen LogP contribution in [0.4, 0.5) is 10.5 Å². The second-order valence-corrected chi connectivity index (χ2v) is 5.58. The first kappa shape index (κ1) is 14.8. The molecule has 2 rings (SSSR count). The van der Waals surface area contributed by atoms with Crippen LogP contribution in [0.1, 0.15) is 31.4 Å². The normalized spacial score (nSPS) is 18.7. The molecule has 1 aromatic carbocycles. The second kappa shape index (κ2) is 6.72. The second-order valence-electron chi connectivity index (χ2n) is 5.58. The molecule has 5 nitrogen and oxygen atoms in total. The number of nitrogens with zero attached hydrogens (tertiary/aromatic N) is 1. The number of nitrogens with one attached hydrogen (secondary N) is 2. The van der Waals surface area contributed by atoms with Crippen molar-refractivity contribution in [1.82, 2.24) is 10.2 Å². The highest BCUT2D eigenvalue weighted by atomic mass is 16.2. The Hall–Kier alpha value is -1.59. The van der Waals surface area contributed by atoms with Crippen LogP contribution >= 0.6 is 0 Å². The molecule has 1 atom stereocenters. The smallest absolute Gasteiger partial charge is 0.316 e. The predicted molar refractivity (Wildman–Crippen MR) is 81.7 cm³/mol. The van der Waals surface area contributed by atoms with E-state index in [4.69, 9.17) is 5.73 Å². The first-order chi connectivity index (χ1) is 9.54. The molecule has 0 aliphatic carbocycles. The van der Waals surface area contributed by atoms with Gasteiger partial charge in [0.15, 0.2) is 0 Å². The number of rotatable bonds is 4. The van der Waals surface area contributed by atoms with Gasteiger partial charge in [-0.1, -0.05) is 12.1 Å². The first-order valence-electron chi connectivity index (χ1n) is 7.15. The van der Waals surface area contributed by atoms with Crippen LogP contribution in [0.2, 0.25) is 0 Å². The predicted octanol–water partition coefficient (Wildman–Crippen LogP) is 1.92. The number of hydrogen-bond acceptors (Lipinski definition) is 3. The molecule has 1 unspecified atom stereocenters. The fourth-order valence-corrected chi connectivity index (χ4v) is 2.62. The van der Waals surface area contributed by atoms with E-state index in [9.17, 15) is 4.79 Å². The lowest BCUT2D eigenvalue weighted by molar-refractivity contribution is 0.226. The molecule has 1 fully saturated rings. The van der Waals surface area contributed by atoms with Gasteiger partial charge in [-0.2, -0.15) is 0 Å². The van der Waals surface area contributed by atoms with Gasteiger partial charge >= 0.3 is 6.03 Å². The van der Waals surface area contributed by atoms with Crippen LogP contribution in [0.5, 0.6) is 0 Å². The number of benzene rings is 1. The zero-order valence-corrected chi connectivity index (χ0v) is 12.2. The van der Waals surface area contributed by atoms with Gasteiger partial charge in [0, 0.05) is 17.8 Å². The van der Waals surface area contributed by atoms with Crippen molar-refractivity contribution >= 4 is 11.7 Å². The van der Waals surface area contributed by atoms with Gasteiger partial charge in [-0.15, -0.1) is 0 Å². The highest BCUT2D eigenvalue weighted by Crippen LogP contribution is 2.19. The summed E-state index contributed by atoms with van der Waals surface area (Å²) in [5.41, 5.74) is 7.04. The Morgan fingerprint density at radius 1 is 1.30 bits per heavy atom. The maximum absolute atomic E-state index is 10.8. The van der Waals surface area contributed by atoms with Crippen LogP contribution in [-0.2, 0) is 0 Å². The van der Waals surface area contributed by atoms with Crippen molar-refractivity contribution in [2.24, 2.45) is 5.73 Å². The monoisotopic (exact) mass is 276 g/mol. The maximum atomic E-state index is 10.8. The van der Waals surface area contributed by atoms with Gasteiger partial charge < -0.3 is 21.3 Å². The standard InChI is InChI=1S/C15H24N4O/c1-11(17-14-7-9-19(2)10-8-14)12-3-5-13(6-4-12)18-15(16)20/h3-6,11,14,17H,7-10H2,1-2H3,(H3,16,18,20). The molecule has 0 spiro atoms. The van der Waals surface area contributed by atoms with E-state index in [1.165, 1.54) is 18.4 Å². The summed E-state index contributed by atoms with van der Waals surface area (Å²) in [7, 11) is 2.17. The van der Waals surface area contributed by atoms with E-state index in [2.05, 4.69) is 29.5 Å². The van der Waals surface area contributed by atoms with Crippen LogP contribution in [0.15, 0.2) is 24.3 Å². The highest BCUT2D eigenvalue weighted by molar-refractivity contribution is 5.87. The number of piperidine rings is 1. The third-order valence-corrected chi connectivity index (χ3v) is 3.88. The minimum Gasteiger partial charge on any atom is -0.351 e. The highest BCUT2D eigenvalue weighted by Gasteiger charge is 2.18. The number of primary amides is 1. The summed E-state index contributed by atoms with van der Waals surface area (Å²) in [4.78, 5) is 13.1. The molecule has 0 bridgehead atoms. The van der Waals surface area contributed by atoms with E-state index < -0.39 is 6.03 Å². The van der Waals surface area contributed by atoms with E-state index in [1.807, 2.05) is 24.3 Å². The lowest BCUT2D eigenvalue weighted by Gasteiger charge is -2.31. The summed E-state index contributed by atoms with van der Waals surface area (Å²) >= 11 is 0. The number of nitrogens with two attached hydrogens (primary N) is 1. The zero-order valence-electron chi connectivity index (χ0n) is 12.2. The Labute approximate surface area is 120 Å². The number of anilines is 1. The van der Waals surface area contributed by atoms with Crippen LogP contribution in [0, 0.1) is 0 Å². The number of likely N-dealkylation sites (tertiary alicyclic amines) is 1. The average Bonchev–Trinajstić information content (AvgIpc) is 2.41. The lowest BCUT2D eigenvalue weighted by atomic mass is 10.0. The van der Waals surface area contributed by atoms with Crippen molar-refractivity contribution in [3.05, 3.63) is 29.8 Å². The lowest BCUT2D eigenvalue weighted by Crippen LogP contribution is -2.41. The van der Waals surface area contributed by atoms with Gasteiger partial charge in [-0.05, 0) is 57.6 Å². The number of carbonyl (C=O) groups is 1. The summed E-state index contributed by atoms with van der Waals surface area (Å²) in [6.45, 7) is 4.49. The third-order valence-electron chi connectivity index (χ3n) is 3.88. The fourth-order valence-electron chi connectivity index (χ4n) is 2.62. The van der Waals surface area contributed by atoms with Gasteiger partial charge in [-0.25, -0.2) is 4.79 Å². The van der Waals surface area contributed by atoms with Gasteiger partial charge in [0.2, 0.25) is 0 Å². The van der Waals surface area contributed by atoms with E-state index in [-0.39, 0.29) is 0 Å². The topological polar surface area (TPSA) is 70.4 Å². The Balaban J connectivity index is 1.88. The first-order valence-corrected chi connectivity index (χ1v) is 7.15. The molecule has 1 saturated heterocycles. The van der Waals surface area contributed by atoms with Crippen molar-refractivity contribution < 1.29 is 4.79 Å². The van der Waals surface area contributed by atoms with E-state index >= 15 is 0 Å². The third kappa shape index (κ3) is 4.21. The van der Waals surface area contributed by atoms with Crippen molar-refractivity contribution in [3.8, 4) is 0 Å². The van der Waals surface area contributed by atoms with Gasteiger partial charge in [-0.3, -0.25) is 0 Å². The summed E-state index contributed by atoms with van der Waals surface area (Å²) in [5, 5.41) is 6.25. The fraction of sp³-hybridized carbons (Fsp3) is 0.533. The Morgan fingerprint density at radius 2 is 1.90 bits per heavy atom. The summed E-state index contributed by atoms with van der Waals surface area (Å²) in [5.74, 6) is 0. The van der Waals surface area contributed by atoms with Crippen molar-refractivity contribution in [2.45, 2.75) is 31.8 Å². The van der Waals surface area contributed by atoms with Crippen LogP contribution in [0.25, 0.3) is 0 Å².